The topological polar surface area (TPSA) is 42.0 Å². The van der Waals surface area contributed by atoms with Crippen LogP contribution in [0.4, 0.5) is 5.69 Å². The van der Waals surface area contributed by atoms with Gasteiger partial charge in [-0.15, -0.1) is 0 Å². The molecule has 5 heteroatoms. The van der Waals surface area contributed by atoms with Gasteiger partial charge in [0.2, 0.25) is 5.79 Å². The van der Waals surface area contributed by atoms with Gasteiger partial charge in [0.15, 0.2) is 0 Å². The van der Waals surface area contributed by atoms with Gasteiger partial charge in [-0.2, -0.15) is 0 Å². The highest BCUT2D eigenvalue weighted by Crippen LogP contribution is 2.40. The fourth-order valence-corrected chi connectivity index (χ4v) is 5.39. The van der Waals surface area contributed by atoms with Crippen LogP contribution in [0.5, 0.6) is 5.75 Å². The van der Waals surface area contributed by atoms with Gasteiger partial charge >= 0.3 is 0 Å². The molecule has 0 atom stereocenters. The Balaban J connectivity index is 1.21. The molecule has 3 fully saturated rings. The number of carbonyl (C=O) groups excluding carboxylic acids is 1. The summed E-state index contributed by atoms with van der Waals surface area (Å²) in [5, 5.41) is 0. The van der Waals surface area contributed by atoms with E-state index in [0.29, 0.717) is 18.8 Å². The molecule has 5 rings (SSSR count). The summed E-state index contributed by atoms with van der Waals surface area (Å²) in [4.78, 5) is 17.0. The van der Waals surface area contributed by atoms with Gasteiger partial charge < -0.3 is 14.4 Å². The molecule has 1 aromatic rings. The van der Waals surface area contributed by atoms with E-state index in [4.69, 9.17) is 9.47 Å². The molecule has 0 unspecified atom stereocenters. The van der Waals surface area contributed by atoms with Crippen molar-refractivity contribution in [2.45, 2.75) is 76.7 Å². The van der Waals surface area contributed by atoms with E-state index in [1.165, 1.54) is 24.9 Å². The molecule has 1 aromatic carbocycles. The Morgan fingerprint density at radius 3 is 2.52 bits per heavy atom. The summed E-state index contributed by atoms with van der Waals surface area (Å²) in [5.74, 6) is 1.25. The number of likely N-dealkylation sites (tertiary alicyclic amines) is 1. The summed E-state index contributed by atoms with van der Waals surface area (Å²) >= 11 is 0. The van der Waals surface area contributed by atoms with E-state index in [9.17, 15) is 4.79 Å². The lowest BCUT2D eigenvalue weighted by Crippen LogP contribution is -2.54. The highest BCUT2D eigenvalue weighted by molar-refractivity contribution is 5.81. The fourth-order valence-electron chi connectivity index (χ4n) is 5.39. The first-order valence-electron chi connectivity index (χ1n) is 11.6. The molecule has 0 bridgehead atoms. The van der Waals surface area contributed by atoms with Crippen LogP contribution in [-0.2, 0) is 16.1 Å². The molecule has 2 saturated heterocycles. The number of Topliss-reactive ketones (excluding diaryl/α,β-unsaturated/α-hetero) is 1. The number of ketones is 1. The predicted molar refractivity (Wildman–Crippen MR) is 113 cm³/mol. The minimum atomic E-state index is -0.423. The normalized spacial score (nSPS) is 25.3. The van der Waals surface area contributed by atoms with Gasteiger partial charge in [-0.05, 0) is 43.9 Å². The molecule has 4 aliphatic rings. The lowest BCUT2D eigenvalue weighted by Gasteiger charge is -2.47. The summed E-state index contributed by atoms with van der Waals surface area (Å²) in [6.07, 6.45) is 8.65. The molecule has 158 valence electrons. The number of hydrogen-bond acceptors (Lipinski definition) is 5. The van der Waals surface area contributed by atoms with Crippen molar-refractivity contribution >= 4 is 11.5 Å². The standard InChI is InChI=1S/C24H34N2O3/c1-2-22(27)18-8-12-25(13-9-18)21-6-7-23-19(16-21)17-28-24(29-23)10-14-26(15-11-24)20-4-3-5-20/h6-7,16,18,20H,2-5,8-15,17H2,1H3. The lowest BCUT2D eigenvalue weighted by molar-refractivity contribution is -0.231. The molecular formula is C24H34N2O3. The van der Waals surface area contributed by atoms with Gasteiger partial charge in [0.25, 0.3) is 0 Å². The quantitative estimate of drug-likeness (QED) is 0.763. The zero-order valence-corrected chi connectivity index (χ0v) is 17.7. The average molecular weight is 399 g/mol. The lowest BCUT2D eigenvalue weighted by atomic mass is 9.89. The second kappa shape index (κ2) is 7.92. The third-order valence-electron chi connectivity index (χ3n) is 7.65. The molecule has 3 aliphatic heterocycles. The van der Waals surface area contributed by atoms with Gasteiger partial charge in [-0.3, -0.25) is 9.69 Å². The van der Waals surface area contributed by atoms with Crippen LogP contribution in [-0.4, -0.2) is 48.7 Å². The van der Waals surface area contributed by atoms with Gasteiger partial charge in [0, 0.05) is 68.7 Å². The number of hydrogen-bond donors (Lipinski definition) is 0. The van der Waals surface area contributed by atoms with Gasteiger partial charge in [-0.25, -0.2) is 0 Å². The van der Waals surface area contributed by atoms with Crippen LogP contribution < -0.4 is 9.64 Å². The Kier molecular flexibility index (Phi) is 5.29. The first-order chi connectivity index (χ1) is 14.2. The minimum Gasteiger partial charge on any atom is -0.462 e. The first-order valence-corrected chi connectivity index (χ1v) is 11.6. The second-order valence-corrected chi connectivity index (χ2v) is 9.30. The van der Waals surface area contributed by atoms with Crippen molar-refractivity contribution in [1.29, 1.82) is 0 Å². The molecule has 0 amide bonds. The Hall–Kier alpha value is -1.59. The van der Waals surface area contributed by atoms with Crippen molar-refractivity contribution in [3.8, 4) is 5.75 Å². The number of ether oxygens (including phenoxy) is 2. The zero-order valence-electron chi connectivity index (χ0n) is 17.7. The van der Waals surface area contributed by atoms with Crippen LogP contribution in [0.15, 0.2) is 18.2 Å². The van der Waals surface area contributed by atoms with E-state index in [0.717, 1.165) is 69.2 Å². The summed E-state index contributed by atoms with van der Waals surface area (Å²) in [6.45, 7) is 6.70. The van der Waals surface area contributed by atoms with Crippen LogP contribution in [0.2, 0.25) is 0 Å². The summed E-state index contributed by atoms with van der Waals surface area (Å²) in [6, 6.07) is 7.36. The number of rotatable bonds is 4. The molecule has 0 N–H and O–H groups in total. The average Bonchev–Trinajstić information content (AvgIpc) is 2.73. The van der Waals surface area contributed by atoms with Gasteiger partial charge in [0.05, 0.1) is 6.61 Å². The third-order valence-corrected chi connectivity index (χ3v) is 7.65. The van der Waals surface area contributed by atoms with Crippen molar-refractivity contribution in [3.05, 3.63) is 23.8 Å². The maximum Gasteiger partial charge on any atom is 0.213 e. The van der Waals surface area contributed by atoms with Crippen molar-refractivity contribution in [2.24, 2.45) is 5.92 Å². The second-order valence-electron chi connectivity index (χ2n) is 9.30. The van der Waals surface area contributed by atoms with Crippen molar-refractivity contribution < 1.29 is 14.3 Å². The molecular weight excluding hydrogens is 364 g/mol. The van der Waals surface area contributed by atoms with Gasteiger partial charge in [0.1, 0.15) is 11.5 Å². The SMILES string of the molecule is CCC(=O)C1CCN(c2ccc3c(c2)COC2(CCN(C4CCC4)CC2)O3)CC1. The summed E-state index contributed by atoms with van der Waals surface area (Å²) in [7, 11) is 0. The monoisotopic (exact) mass is 398 g/mol. The highest BCUT2D eigenvalue weighted by atomic mass is 16.7. The van der Waals surface area contributed by atoms with E-state index in [1.54, 1.807) is 0 Å². The molecule has 1 saturated carbocycles. The van der Waals surface area contributed by atoms with Crippen LogP contribution in [0.25, 0.3) is 0 Å². The predicted octanol–water partition coefficient (Wildman–Crippen LogP) is 4.14. The van der Waals surface area contributed by atoms with Crippen molar-refractivity contribution in [1.82, 2.24) is 4.90 Å². The van der Waals surface area contributed by atoms with Crippen molar-refractivity contribution in [3.63, 3.8) is 0 Å². The number of piperidine rings is 2. The maximum atomic E-state index is 12.0. The Morgan fingerprint density at radius 1 is 1.10 bits per heavy atom. The summed E-state index contributed by atoms with van der Waals surface area (Å²) < 4.78 is 12.7. The largest absolute Gasteiger partial charge is 0.462 e. The van der Waals surface area contributed by atoms with Gasteiger partial charge in [-0.1, -0.05) is 13.3 Å². The van der Waals surface area contributed by atoms with Crippen LogP contribution in [0.3, 0.4) is 0 Å². The Morgan fingerprint density at radius 2 is 1.86 bits per heavy atom. The van der Waals surface area contributed by atoms with Crippen LogP contribution >= 0.6 is 0 Å². The minimum absolute atomic E-state index is 0.256. The highest BCUT2D eigenvalue weighted by Gasteiger charge is 2.42. The number of fused-ring (bicyclic) bond motifs is 1. The molecule has 0 radical (unpaired) electrons. The number of carbonyl (C=O) groups is 1. The summed E-state index contributed by atoms with van der Waals surface area (Å²) in [5.41, 5.74) is 2.38. The van der Waals surface area contributed by atoms with Crippen molar-refractivity contribution in [2.75, 3.05) is 31.1 Å². The Labute approximate surface area is 174 Å². The van der Waals surface area contributed by atoms with E-state index < -0.39 is 5.79 Å². The van der Waals surface area contributed by atoms with Crippen LogP contribution in [0.1, 0.15) is 63.9 Å². The molecule has 1 aliphatic carbocycles. The number of anilines is 1. The zero-order chi connectivity index (χ0) is 19.8. The molecule has 1 spiro atoms. The molecule has 5 nitrogen and oxygen atoms in total. The van der Waals surface area contributed by atoms with E-state index in [2.05, 4.69) is 28.0 Å². The number of benzene rings is 1. The maximum absolute atomic E-state index is 12.0. The molecule has 29 heavy (non-hydrogen) atoms. The Bertz CT molecular complexity index is 744. The number of nitrogens with zero attached hydrogens (tertiary/aromatic N) is 2. The third kappa shape index (κ3) is 3.79. The molecule has 0 aromatic heterocycles. The molecule has 3 heterocycles. The van der Waals surface area contributed by atoms with E-state index in [1.807, 2.05) is 6.92 Å². The smallest absolute Gasteiger partial charge is 0.213 e. The first kappa shape index (κ1) is 19.4. The van der Waals surface area contributed by atoms with E-state index >= 15 is 0 Å². The van der Waals surface area contributed by atoms with Crippen LogP contribution in [0, 0.1) is 5.92 Å². The van der Waals surface area contributed by atoms with E-state index in [-0.39, 0.29) is 5.92 Å². The fraction of sp³-hybridized carbons (Fsp3) is 0.708.